The lowest BCUT2D eigenvalue weighted by Crippen LogP contribution is -2.24. The molecule has 6 heteroatoms. The van der Waals surface area contributed by atoms with Crippen LogP contribution in [0.4, 0.5) is 5.00 Å². The first-order valence-electron chi connectivity index (χ1n) is 3.92. The lowest BCUT2D eigenvalue weighted by atomic mass is 10.2. The summed E-state index contributed by atoms with van der Waals surface area (Å²) < 4.78 is 3.72. The molecule has 72 valence electrons. The van der Waals surface area contributed by atoms with E-state index in [1.165, 1.54) is 11.5 Å². The number of carboxylic acid groups (broad SMARTS) is 1. The Hall–Kier alpha value is -1.69. The molecule has 0 amide bonds. The molecule has 0 fully saturated rings. The van der Waals surface area contributed by atoms with Crippen LogP contribution in [0, 0.1) is 0 Å². The van der Waals surface area contributed by atoms with E-state index in [4.69, 9.17) is 5.11 Å². The third-order valence-electron chi connectivity index (χ3n) is 1.81. The minimum Gasteiger partial charge on any atom is -0.478 e. The van der Waals surface area contributed by atoms with Crippen LogP contribution in [-0.4, -0.2) is 27.2 Å². The van der Waals surface area contributed by atoms with Crippen LogP contribution >= 0.6 is 11.5 Å². The van der Waals surface area contributed by atoms with E-state index in [1.807, 2.05) is 6.20 Å². The maximum absolute atomic E-state index is 10.7. The summed E-state index contributed by atoms with van der Waals surface area (Å²) in [5.74, 6) is -0.892. The van der Waals surface area contributed by atoms with E-state index in [0.29, 0.717) is 12.1 Å². The second-order valence-corrected chi connectivity index (χ2v) is 3.49. The number of hydrogen-bond donors (Lipinski definition) is 1. The number of aromatic nitrogens is 2. The van der Waals surface area contributed by atoms with Crippen molar-refractivity contribution in [3.63, 3.8) is 0 Å². The Morgan fingerprint density at radius 1 is 1.64 bits per heavy atom. The highest BCUT2D eigenvalue weighted by Gasteiger charge is 2.15. The molecule has 1 aliphatic heterocycles. The quantitative estimate of drug-likeness (QED) is 0.783. The van der Waals surface area contributed by atoms with Gasteiger partial charge in [0.2, 0.25) is 0 Å². The molecule has 0 aliphatic carbocycles. The average molecular weight is 209 g/mol. The summed E-state index contributed by atoms with van der Waals surface area (Å²) in [6.07, 6.45) is 6.71. The fourth-order valence-electron chi connectivity index (χ4n) is 1.13. The Bertz CT molecular complexity index is 397. The molecule has 0 bridgehead atoms. The van der Waals surface area contributed by atoms with Gasteiger partial charge in [0.25, 0.3) is 0 Å². The van der Waals surface area contributed by atoms with Gasteiger partial charge in [-0.25, -0.2) is 4.79 Å². The molecule has 2 heterocycles. The molecule has 0 saturated heterocycles. The van der Waals surface area contributed by atoms with Crippen molar-refractivity contribution >= 4 is 22.5 Å². The predicted octanol–water partition coefficient (Wildman–Crippen LogP) is 0.883. The van der Waals surface area contributed by atoms with Gasteiger partial charge >= 0.3 is 5.97 Å². The van der Waals surface area contributed by atoms with Crippen molar-refractivity contribution in [3.05, 3.63) is 30.1 Å². The SMILES string of the molecule is O=C(O)C1=CC=CN(c2cnns2)C1. The highest BCUT2D eigenvalue weighted by Crippen LogP contribution is 2.20. The van der Waals surface area contributed by atoms with Crippen molar-refractivity contribution in [2.45, 2.75) is 0 Å². The molecule has 0 atom stereocenters. The van der Waals surface area contributed by atoms with Crippen LogP contribution < -0.4 is 4.90 Å². The van der Waals surface area contributed by atoms with E-state index in [1.54, 1.807) is 23.2 Å². The molecule has 2 rings (SSSR count). The molecule has 1 aromatic rings. The number of rotatable bonds is 2. The highest BCUT2D eigenvalue weighted by molar-refractivity contribution is 7.09. The number of aliphatic carboxylic acids is 1. The van der Waals surface area contributed by atoms with Crippen LogP contribution in [0.25, 0.3) is 0 Å². The molecular weight excluding hydrogens is 202 g/mol. The molecule has 5 nitrogen and oxygen atoms in total. The van der Waals surface area contributed by atoms with Gasteiger partial charge in [-0.3, -0.25) is 0 Å². The summed E-state index contributed by atoms with van der Waals surface area (Å²) in [7, 11) is 0. The van der Waals surface area contributed by atoms with Crippen molar-refractivity contribution in [3.8, 4) is 0 Å². The van der Waals surface area contributed by atoms with E-state index >= 15 is 0 Å². The second-order valence-electron chi connectivity index (χ2n) is 2.72. The normalized spacial score (nSPS) is 15.4. The molecule has 0 spiro atoms. The van der Waals surface area contributed by atoms with Crippen LogP contribution in [0.3, 0.4) is 0 Å². The summed E-state index contributed by atoms with van der Waals surface area (Å²) in [6.45, 7) is 0.357. The fraction of sp³-hybridized carbons (Fsp3) is 0.125. The zero-order valence-corrected chi connectivity index (χ0v) is 7.94. The molecule has 1 N–H and O–H groups in total. The van der Waals surface area contributed by atoms with Gasteiger partial charge in [0.1, 0.15) is 5.00 Å². The number of hydrogen-bond acceptors (Lipinski definition) is 5. The van der Waals surface area contributed by atoms with Crippen molar-refractivity contribution in [1.82, 2.24) is 9.59 Å². The maximum atomic E-state index is 10.7. The third kappa shape index (κ3) is 1.64. The van der Waals surface area contributed by atoms with E-state index in [-0.39, 0.29) is 0 Å². The largest absolute Gasteiger partial charge is 0.478 e. The van der Waals surface area contributed by atoms with E-state index in [0.717, 1.165) is 5.00 Å². The average Bonchev–Trinajstić information content (AvgIpc) is 2.71. The van der Waals surface area contributed by atoms with Gasteiger partial charge in [-0.05, 0) is 12.2 Å². The Morgan fingerprint density at radius 3 is 3.14 bits per heavy atom. The lowest BCUT2D eigenvalue weighted by Gasteiger charge is -2.19. The number of nitrogens with zero attached hydrogens (tertiary/aromatic N) is 3. The zero-order chi connectivity index (χ0) is 9.97. The third-order valence-corrected chi connectivity index (χ3v) is 2.51. The van der Waals surface area contributed by atoms with Gasteiger partial charge < -0.3 is 10.0 Å². The highest BCUT2D eigenvalue weighted by atomic mass is 32.1. The summed E-state index contributed by atoms with van der Waals surface area (Å²) in [6, 6.07) is 0. The Balaban J connectivity index is 2.18. The van der Waals surface area contributed by atoms with E-state index < -0.39 is 5.97 Å². The standard InChI is InChI=1S/C8H7N3O2S/c12-8(13)6-2-1-3-11(5-6)7-4-9-10-14-7/h1-4H,5H2,(H,12,13). The monoisotopic (exact) mass is 209 g/mol. The first-order chi connectivity index (χ1) is 6.77. The minimum absolute atomic E-state index is 0.357. The molecule has 0 radical (unpaired) electrons. The summed E-state index contributed by atoms with van der Waals surface area (Å²) in [5, 5.41) is 13.3. The minimum atomic E-state index is -0.892. The van der Waals surface area contributed by atoms with Crippen molar-refractivity contribution in [2.75, 3.05) is 11.4 Å². The Kier molecular flexibility index (Phi) is 2.28. The van der Waals surface area contributed by atoms with Crippen LogP contribution in [0.1, 0.15) is 0 Å². The summed E-state index contributed by atoms with van der Waals surface area (Å²) in [5.41, 5.74) is 0.362. The van der Waals surface area contributed by atoms with Gasteiger partial charge in [0.05, 0.1) is 18.3 Å². The molecule has 0 unspecified atom stereocenters. The fourth-order valence-corrected chi connectivity index (χ4v) is 1.63. The predicted molar refractivity (Wildman–Crippen MR) is 52.1 cm³/mol. The second kappa shape index (κ2) is 3.59. The lowest BCUT2D eigenvalue weighted by molar-refractivity contribution is -0.132. The van der Waals surface area contributed by atoms with E-state index in [9.17, 15) is 4.79 Å². The summed E-state index contributed by atoms with van der Waals surface area (Å²) in [4.78, 5) is 12.5. The topological polar surface area (TPSA) is 66.3 Å². The molecule has 0 saturated carbocycles. The molecule has 1 aliphatic rings. The Labute approximate surface area is 84.1 Å². The smallest absolute Gasteiger partial charge is 0.333 e. The molecule has 0 aromatic carbocycles. The van der Waals surface area contributed by atoms with Crippen molar-refractivity contribution < 1.29 is 9.90 Å². The Morgan fingerprint density at radius 2 is 2.50 bits per heavy atom. The first kappa shape index (κ1) is 8.89. The van der Waals surface area contributed by atoms with Gasteiger partial charge in [-0.1, -0.05) is 4.49 Å². The van der Waals surface area contributed by atoms with Crippen LogP contribution in [0.5, 0.6) is 0 Å². The van der Waals surface area contributed by atoms with Gasteiger partial charge in [-0.15, -0.1) is 5.10 Å². The number of anilines is 1. The van der Waals surface area contributed by atoms with Crippen LogP contribution in [0.2, 0.25) is 0 Å². The molecular formula is C8H7N3O2S. The van der Waals surface area contributed by atoms with E-state index in [2.05, 4.69) is 9.59 Å². The van der Waals surface area contributed by atoms with Gasteiger partial charge in [-0.2, -0.15) is 0 Å². The number of carboxylic acids is 1. The number of carbonyl (C=O) groups is 1. The molecule has 1 aromatic heterocycles. The molecule has 14 heavy (non-hydrogen) atoms. The summed E-state index contributed by atoms with van der Waals surface area (Å²) >= 11 is 1.24. The first-order valence-corrected chi connectivity index (χ1v) is 4.69. The zero-order valence-electron chi connectivity index (χ0n) is 7.12. The maximum Gasteiger partial charge on any atom is 0.333 e. The van der Waals surface area contributed by atoms with Crippen molar-refractivity contribution in [2.24, 2.45) is 0 Å². The van der Waals surface area contributed by atoms with Crippen LogP contribution in [0.15, 0.2) is 30.1 Å². The van der Waals surface area contributed by atoms with Crippen LogP contribution in [-0.2, 0) is 4.79 Å². The van der Waals surface area contributed by atoms with Gasteiger partial charge in [0, 0.05) is 17.7 Å². The number of allylic oxidation sites excluding steroid dienone is 2. The van der Waals surface area contributed by atoms with Gasteiger partial charge in [0.15, 0.2) is 0 Å². The van der Waals surface area contributed by atoms with Crippen molar-refractivity contribution in [1.29, 1.82) is 0 Å².